The Morgan fingerprint density at radius 3 is 1.61 bits per heavy atom. The molecule has 318 valence electrons. The minimum Gasteiger partial charge on any atom is -0.261 e. The van der Waals surface area contributed by atoms with E-state index in [-0.39, 0.29) is 29.7 Å². The van der Waals surface area contributed by atoms with Gasteiger partial charge in [0, 0.05) is 5.92 Å². The fourth-order valence-electron chi connectivity index (χ4n) is 13.3. The largest absolute Gasteiger partial charge is 0.261 e. The van der Waals surface area contributed by atoms with E-state index in [0.29, 0.717) is 0 Å². The van der Waals surface area contributed by atoms with Gasteiger partial charge in [-0.15, -0.1) is 0 Å². The molecule has 1 heterocycles. The van der Waals surface area contributed by atoms with Crippen LogP contribution in [0.3, 0.4) is 0 Å². The second kappa shape index (κ2) is 14.4. The third-order valence-corrected chi connectivity index (χ3v) is 16.4. The Labute approximate surface area is 392 Å². The number of amidine groups is 1. The average molecular weight is 857 g/mol. The fraction of sp³-hybridized carbons (Fsp3) is 0.138. The molecule has 5 atom stereocenters. The van der Waals surface area contributed by atoms with Gasteiger partial charge in [-0.2, -0.15) is 0 Å². The van der Waals surface area contributed by atoms with E-state index in [2.05, 4.69) is 227 Å². The molecule has 4 aliphatic rings. The van der Waals surface area contributed by atoms with E-state index in [4.69, 9.17) is 9.98 Å². The fourth-order valence-corrected chi connectivity index (χ4v) is 13.3. The molecular weight excluding hydrogens is 809 g/mol. The van der Waals surface area contributed by atoms with Crippen LogP contribution in [0.4, 0.5) is 0 Å². The molecule has 2 heteroatoms. The van der Waals surface area contributed by atoms with Crippen molar-refractivity contribution in [1.29, 1.82) is 0 Å². The van der Waals surface area contributed by atoms with Gasteiger partial charge in [0.25, 0.3) is 0 Å². The van der Waals surface area contributed by atoms with Gasteiger partial charge in [0.05, 0.1) is 23.1 Å². The Morgan fingerprint density at radius 2 is 0.925 bits per heavy atom. The molecule has 0 radical (unpaired) electrons. The summed E-state index contributed by atoms with van der Waals surface area (Å²) < 4.78 is 0. The van der Waals surface area contributed by atoms with Crippen molar-refractivity contribution in [3.63, 3.8) is 0 Å². The maximum absolute atomic E-state index is 5.89. The highest BCUT2D eigenvalue weighted by molar-refractivity contribution is 6.32. The number of hydrogen-bond acceptors (Lipinski definition) is 2. The van der Waals surface area contributed by atoms with Crippen molar-refractivity contribution in [1.82, 2.24) is 0 Å². The molecule has 0 bridgehead atoms. The topological polar surface area (TPSA) is 24.7 Å². The highest BCUT2D eigenvalue weighted by Gasteiger charge is 2.52. The van der Waals surface area contributed by atoms with Crippen LogP contribution in [0.15, 0.2) is 216 Å². The van der Waals surface area contributed by atoms with Gasteiger partial charge in [0.2, 0.25) is 0 Å². The Bertz CT molecular complexity index is 3700. The van der Waals surface area contributed by atoms with E-state index in [0.717, 1.165) is 11.5 Å². The van der Waals surface area contributed by atoms with Gasteiger partial charge in [-0.3, -0.25) is 4.99 Å². The summed E-state index contributed by atoms with van der Waals surface area (Å²) in [5.74, 6) is 1.38. The standard InChI is InChI=1S/C65H48N2/c1-38-39(2)63(44-34-32-42(33-35-44)41-18-6-4-7-19-41)67-64(66-62(38)43-20-8-5-9-21-43)57-40(3)45-25-16-28-52-58(45)59-48(26-17-27-51(57)59)49-36-37-56-61(60(49)52)50-24-12-15-31-55(50)65(56)53-29-13-10-22-46(53)47-23-11-14-30-54(47)65/h4-40,57,63H,1-3H3. The maximum Gasteiger partial charge on any atom is 0.132 e. The van der Waals surface area contributed by atoms with Crippen LogP contribution in [-0.4, -0.2) is 11.5 Å². The second-order valence-corrected chi connectivity index (χ2v) is 19.5. The van der Waals surface area contributed by atoms with Crippen LogP contribution in [0.1, 0.15) is 83.2 Å². The molecule has 0 fully saturated rings. The zero-order chi connectivity index (χ0) is 44.5. The Balaban J connectivity index is 1.02. The lowest BCUT2D eigenvalue weighted by Gasteiger charge is -2.33. The molecule has 0 N–H and O–H groups in total. The van der Waals surface area contributed by atoms with E-state index in [1.807, 2.05) is 0 Å². The second-order valence-electron chi connectivity index (χ2n) is 19.5. The molecule has 0 amide bonds. The first kappa shape index (κ1) is 38.6. The number of rotatable bonds is 4. The van der Waals surface area contributed by atoms with E-state index >= 15 is 0 Å². The zero-order valence-corrected chi connectivity index (χ0v) is 37.9. The van der Waals surface area contributed by atoms with Gasteiger partial charge >= 0.3 is 0 Å². The molecule has 0 saturated carbocycles. The van der Waals surface area contributed by atoms with Crippen molar-refractivity contribution in [2.45, 2.75) is 44.1 Å². The molecular formula is C65H48N2. The Kier molecular flexibility index (Phi) is 8.30. The van der Waals surface area contributed by atoms with Gasteiger partial charge in [-0.05, 0) is 122 Å². The number of benzene rings is 10. The highest BCUT2D eigenvalue weighted by Crippen LogP contribution is 2.65. The predicted molar refractivity (Wildman–Crippen MR) is 280 cm³/mol. The van der Waals surface area contributed by atoms with Crippen molar-refractivity contribution in [3.8, 4) is 33.4 Å². The van der Waals surface area contributed by atoms with E-state index in [1.54, 1.807) is 0 Å². The summed E-state index contributed by atoms with van der Waals surface area (Å²) >= 11 is 0. The van der Waals surface area contributed by atoms with Crippen LogP contribution in [0, 0.1) is 11.8 Å². The van der Waals surface area contributed by atoms with Gasteiger partial charge in [0.15, 0.2) is 0 Å². The Morgan fingerprint density at radius 1 is 0.388 bits per heavy atom. The first-order chi connectivity index (χ1) is 33.0. The third kappa shape index (κ3) is 5.22. The summed E-state index contributed by atoms with van der Waals surface area (Å²) in [6.07, 6.45) is 0. The van der Waals surface area contributed by atoms with Crippen LogP contribution in [0.25, 0.3) is 65.7 Å². The van der Waals surface area contributed by atoms with Crippen molar-refractivity contribution in [2.24, 2.45) is 21.8 Å². The number of nitrogens with zero attached hydrogens (tertiary/aromatic N) is 2. The van der Waals surface area contributed by atoms with Crippen LogP contribution in [0.2, 0.25) is 0 Å². The minimum atomic E-state index is -0.401. The van der Waals surface area contributed by atoms with E-state index in [1.165, 1.54) is 110 Å². The van der Waals surface area contributed by atoms with E-state index in [9.17, 15) is 0 Å². The monoisotopic (exact) mass is 856 g/mol. The van der Waals surface area contributed by atoms with Crippen LogP contribution >= 0.6 is 0 Å². The van der Waals surface area contributed by atoms with Crippen LogP contribution < -0.4 is 0 Å². The first-order valence-electron chi connectivity index (χ1n) is 24.1. The summed E-state index contributed by atoms with van der Waals surface area (Å²) in [5.41, 5.74) is 19.1. The van der Waals surface area contributed by atoms with Crippen LogP contribution in [-0.2, 0) is 5.41 Å². The molecule has 10 aromatic rings. The number of hydrogen-bond donors (Lipinski definition) is 0. The van der Waals surface area contributed by atoms with Crippen LogP contribution in [0.5, 0.6) is 0 Å². The van der Waals surface area contributed by atoms with Crippen molar-refractivity contribution >= 4 is 43.9 Å². The molecule has 5 unspecified atom stereocenters. The van der Waals surface area contributed by atoms with Gasteiger partial charge in [-0.25, -0.2) is 4.99 Å². The van der Waals surface area contributed by atoms with Crippen molar-refractivity contribution in [3.05, 3.63) is 251 Å². The lowest BCUT2D eigenvalue weighted by Crippen LogP contribution is -2.25. The molecule has 10 aromatic carbocycles. The highest BCUT2D eigenvalue weighted by atomic mass is 15.0. The maximum atomic E-state index is 5.89. The summed E-state index contributed by atoms with van der Waals surface area (Å²) in [6, 6.07) is 77.2. The summed E-state index contributed by atoms with van der Waals surface area (Å²) in [4.78, 5) is 11.7. The van der Waals surface area contributed by atoms with Gasteiger partial charge < -0.3 is 0 Å². The Hall–Kier alpha value is -7.68. The summed E-state index contributed by atoms with van der Waals surface area (Å²) in [6.45, 7) is 7.16. The predicted octanol–water partition coefficient (Wildman–Crippen LogP) is 16.3. The van der Waals surface area contributed by atoms with Crippen molar-refractivity contribution in [2.75, 3.05) is 0 Å². The number of fused-ring (bicyclic) bond motifs is 14. The van der Waals surface area contributed by atoms with Crippen molar-refractivity contribution < 1.29 is 0 Å². The molecule has 1 aliphatic heterocycles. The smallest absolute Gasteiger partial charge is 0.132 e. The summed E-state index contributed by atoms with van der Waals surface area (Å²) in [7, 11) is 0. The number of aliphatic imine (C=N–C) groups is 2. The SMILES string of the molecule is CC1C(c2ccccc2)=NC(C2c3cccc4c5ccc6c(c5c5cccc(c5c34)C2C)-c2ccccc2C62c3ccccc3-c3ccccc32)=NC(c2ccc(-c3ccccc3)cc2)C1C. The third-order valence-electron chi connectivity index (χ3n) is 16.4. The first-order valence-corrected chi connectivity index (χ1v) is 24.1. The normalized spacial score (nSPS) is 20.6. The molecule has 1 spiro atoms. The van der Waals surface area contributed by atoms with Gasteiger partial charge in [0.1, 0.15) is 5.84 Å². The lowest BCUT2D eigenvalue weighted by atomic mass is 9.69. The zero-order valence-electron chi connectivity index (χ0n) is 37.9. The van der Waals surface area contributed by atoms with E-state index < -0.39 is 5.41 Å². The molecule has 14 rings (SSSR count). The molecule has 0 aromatic heterocycles. The molecule has 67 heavy (non-hydrogen) atoms. The molecule has 3 aliphatic carbocycles. The minimum absolute atomic E-state index is 0.0496. The average Bonchev–Trinajstić information content (AvgIpc) is 3.82. The quantitative estimate of drug-likeness (QED) is 0.158. The molecule has 0 saturated heterocycles. The molecule has 2 nitrogen and oxygen atoms in total. The summed E-state index contributed by atoms with van der Waals surface area (Å²) in [5, 5.41) is 8.00. The lowest BCUT2D eigenvalue weighted by molar-refractivity contribution is 0.405. The van der Waals surface area contributed by atoms with Gasteiger partial charge in [-0.1, -0.05) is 227 Å².